The van der Waals surface area contributed by atoms with Crippen LogP contribution in [0.3, 0.4) is 0 Å². The fourth-order valence-corrected chi connectivity index (χ4v) is 9.79. The fraction of sp³-hybridized carbons (Fsp3) is 0.571. The summed E-state index contributed by atoms with van der Waals surface area (Å²) in [5.74, 6) is 0.529. The normalized spacial score (nSPS) is 28.9. The lowest BCUT2D eigenvalue weighted by Crippen LogP contribution is -2.66. The number of pyridine rings is 1. The zero-order valence-electron chi connectivity index (χ0n) is 23.7. The van der Waals surface area contributed by atoms with Crippen LogP contribution in [-0.2, 0) is 26.6 Å². The second-order valence-electron chi connectivity index (χ2n) is 13.4. The molecule has 2 spiro atoms. The van der Waals surface area contributed by atoms with E-state index in [1.165, 1.54) is 45.8 Å². The molecule has 38 heavy (non-hydrogen) atoms. The van der Waals surface area contributed by atoms with Crippen LogP contribution in [0.5, 0.6) is 0 Å². The van der Waals surface area contributed by atoms with Crippen molar-refractivity contribution < 1.29 is 9.36 Å². The number of Topliss-reactive ketones (excluding diaryl/α,β-unsaturated/α-hetero) is 1. The highest BCUT2D eigenvalue weighted by atomic mass is 16.1. The summed E-state index contributed by atoms with van der Waals surface area (Å²) >= 11 is 0. The first-order valence-electron chi connectivity index (χ1n) is 15.3. The highest BCUT2D eigenvalue weighted by molar-refractivity contribution is 6.14. The second kappa shape index (κ2) is 7.91. The van der Waals surface area contributed by atoms with Gasteiger partial charge in [0.05, 0.1) is 38.7 Å². The molecule has 0 radical (unpaired) electrons. The van der Waals surface area contributed by atoms with Crippen molar-refractivity contribution in [3.05, 3.63) is 52.7 Å². The van der Waals surface area contributed by atoms with Crippen LogP contribution in [0.15, 0.2) is 30.5 Å². The molecule has 2 fully saturated rings. The number of carbonyl (C=O) groups is 1. The lowest BCUT2D eigenvalue weighted by atomic mass is 9.60. The predicted molar refractivity (Wildman–Crippen MR) is 152 cm³/mol. The summed E-state index contributed by atoms with van der Waals surface area (Å²) in [4.78, 5) is 14.9. The lowest BCUT2D eigenvalue weighted by molar-refractivity contribution is -0.751. The number of hydrogen-bond donors (Lipinski definition) is 0. The molecule has 3 nitrogen and oxygen atoms in total. The molecule has 2 aromatic carbocycles. The average Bonchev–Trinajstić information content (AvgIpc) is 3.14. The van der Waals surface area contributed by atoms with Gasteiger partial charge in [0.25, 0.3) is 0 Å². The first-order valence-corrected chi connectivity index (χ1v) is 15.3. The average molecular weight is 506 g/mol. The molecule has 3 aliphatic carbocycles. The molecule has 7 rings (SSSR count). The van der Waals surface area contributed by atoms with Crippen molar-refractivity contribution in [3.63, 3.8) is 0 Å². The molecule has 2 atom stereocenters. The summed E-state index contributed by atoms with van der Waals surface area (Å²) in [5.41, 5.74) is 5.11. The van der Waals surface area contributed by atoms with E-state index >= 15 is 0 Å². The Bertz CT molecular complexity index is 1560. The largest absolute Gasteiger partial charge is 0.298 e. The van der Waals surface area contributed by atoms with Gasteiger partial charge in [-0.3, -0.25) is 4.79 Å². The van der Waals surface area contributed by atoms with Gasteiger partial charge in [-0.2, -0.15) is 9.83 Å². The number of aromatic nitrogens is 1. The van der Waals surface area contributed by atoms with Crippen LogP contribution in [-0.4, -0.2) is 5.78 Å². The third-order valence-electron chi connectivity index (χ3n) is 12.3. The van der Waals surface area contributed by atoms with Crippen LogP contribution in [0.4, 0.5) is 0 Å². The minimum absolute atomic E-state index is 0.0843. The van der Waals surface area contributed by atoms with E-state index in [1.807, 2.05) is 0 Å². The number of nitriles is 1. The Kier molecular flexibility index (Phi) is 5.06. The Labute approximate surface area is 227 Å². The van der Waals surface area contributed by atoms with E-state index in [9.17, 15) is 10.1 Å². The van der Waals surface area contributed by atoms with E-state index in [1.54, 1.807) is 0 Å². The zero-order valence-corrected chi connectivity index (χ0v) is 23.7. The molecule has 3 heteroatoms. The number of carbonyl (C=O) groups excluding carboxylic acids is 1. The van der Waals surface area contributed by atoms with Crippen molar-refractivity contribution in [2.24, 2.45) is 0 Å². The second-order valence-corrected chi connectivity index (χ2v) is 13.4. The Balaban J connectivity index is 1.74. The Hall–Kier alpha value is -2.73. The zero-order chi connectivity index (χ0) is 26.5. The van der Waals surface area contributed by atoms with Gasteiger partial charge in [0, 0.05) is 24.3 Å². The quantitative estimate of drug-likeness (QED) is 0.262. The molecule has 196 valence electrons. The number of rotatable bonds is 2. The first-order chi connectivity index (χ1) is 18.3. The van der Waals surface area contributed by atoms with Gasteiger partial charge in [-0.15, -0.1) is 0 Å². The molecule has 4 aliphatic rings. The number of hydrogen-bond acceptors (Lipinski definition) is 2. The molecule has 1 aromatic heterocycles. The molecular formula is C35H41N2O+. The number of fused-ring (bicyclic) bond motifs is 4. The van der Waals surface area contributed by atoms with E-state index in [-0.39, 0.29) is 21.8 Å². The minimum Gasteiger partial charge on any atom is -0.298 e. The van der Waals surface area contributed by atoms with Crippen LogP contribution in [0.2, 0.25) is 0 Å². The van der Waals surface area contributed by atoms with E-state index in [4.69, 9.17) is 0 Å². The van der Waals surface area contributed by atoms with Crippen molar-refractivity contribution in [3.8, 4) is 6.07 Å². The Morgan fingerprint density at radius 2 is 1.53 bits per heavy atom. The van der Waals surface area contributed by atoms with Crippen LogP contribution in [0, 0.1) is 11.3 Å². The topological polar surface area (TPSA) is 44.7 Å². The minimum atomic E-state index is -0.381. The summed E-state index contributed by atoms with van der Waals surface area (Å²) in [6.45, 7) is 9.53. The standard InChI is InChI=1S/C35H41N2O/c1-5-32(3)26-15-13-14-24-23(21-36)20-25-29-27(22-37(30(25)28(24)26)33(32,4)6-2)34(16-9-7-10-17-34)31(38)35(29)18-11-8-12-19-35/h13-15,20,22H,5-12,16-19H2,1-4H3/q+1. The van der Waals surface area contributed by atoms with Gasteiger partial charge in [0.15, 0.2) is 17.5 Å². The summed E-state index contributed by atoms with van der Waals surface area (Å²) in [7, 11) is 0. The molecule has 0 amide bonds. The highest BCUT2D eigenvalue weighted by Crippen LogP contribution is 2.61. The number of benzene rings is 2. The third-order valence-corrected chi connectivity index (χ3v) is 12.3. The predicted octanol–water partition coefficient (Wildman–Crippen LogP) is 7.95. The van der Waals surface area contributed by atoms with Gasteiger partial charge in [0.1, 0.15) is 0 Å². The van der Waals surface area contributed by atoms with Crippen molar-refractivity contribution in [1.82, 2.24) is 0 Å². The van der Waals surface area contributed by atoms with E-state index < -0.39 is 0 Å². The third kappa shape index (κ3) is 2.56. The van der Waals surface area contributed by atoms with E-state index in [2.05, 4.69) is 68.8 Å². The van der Waals surface area contributed by atoms with Crippen LogP contribution < -0.4 is 4.57 Å². The van der Waals surface area contributed by atoms with Gasteiger partial charge in [-0.25, -0.2) is 0 Å². The smallest absolute Gasteiger partial charge is 0.221 e. The van der Waals surface area contributed by atoms with Crippen LogP contribution in [0.1, 0.15) is 127 Å². The molecule has 1 aliphatic heterocycles. The molecule has 0 bridgehead atoms. The fourth-order valence-electron chi connectivity index (χ4n) is 9.79. The van der Waals surface area contributed by atoms with Gasteiger partial charge in [0.2, 0.25) is 5.52 Å². The van der Waals surface area contributed by atoms with Gasteiger partial charge < -0.3 is 0 Å². The Morgan fingerprint density at radius 3 is 2.13 bits per heavy atom. The summed E-state index contributed by atoms with van der Waals surface area (Å²) in [6.07, 6.45) is 15.4. The molecule has 2 heterocycles. The molecule has 0 N–H and O–H groups in total. The van der Waals surface area contributed by atoms with Crippen LogP contribution >= 0.6 is 0 Å². The molecule has 3 aromatic rings. The summed E-state index contributed by atoms with van der Waals surface area (Å²) in [5, 5.41) is 14.0. The van der Waals surface area contributed by atoms with Crippen molar-refractivity contribution in [1.29, 1.82) is 5.26 Å². The van der Waals surface area contributed by atoms with Crippen molar-refractivity contribution >= 4 is 27.5 Å². The van der Waals surface area contributed by atoms with Crippen LogP contribution in [0.25, 0.3) is 21.7 Å². The summed E-state index contributed by atoms with van der Waals surface area (Å²) in [6, 6.07) is 11.4. The van der Waals surface area contributed by atoms with E-state index in [0.717, 1.165) is 75.2 Å². The van der Waals surface area contributed by atoms with Gasteiger partial charge >= 0.3 is 0 Å². The summed E-state index contributed by atoms with van der Waals surface area (Å²) < 4.78 is 2.62. The maximum Gasteiger partial charge on any atom is 0.221 e. The SMILES string of the molecule is CCC1(C)c2cccc3c(C#N)cc4c5c(c[n+](c4c23)C1(C)CC)C1(CCCCC1)C(=O)C51CCCCC1. The van der Waals surface area contributed by atoms with Crippen molar-refractivity contribution in [2.45, 2.75) is 127 Å². The van der Waals surface area contributed by atoms with Gasteiger partial charge in [-0.1, -0.05) is 70.6 Å². The lowest BCUT2D eigenvalue weighted by Gasteiger charge is -2.45. The molecule has 2 saturated carbocycles. The number of nitrogens with zero attached hydrogens (tertiary/aromatic N) is 2. The van der Waals surface area contributed by atoms with Crippen molar-refractivity contribution in [2.75, 3.05) is 0 Å². The Morgan fingerprint density at radius 1 is 0.868 bits per heavy atom. The van der Waals surface area contributed by atoms with Gasteiger partial charge in [-0.05, 0) is 56.2 Å². The number of ketones is 1. The maximum atomic E-state index is 14.9. The monoisotopic (exact) mass is 505 g/mol. The highest BCUT2D eigenvalue weighted by Gasteiger charge is 2.64. The van der Waals surface area contributed by atoms with E-state index in [0.29, 0.717) is 5.78 Å². The first kappa shape index (κ1) is 24.3. The maximum absolute atomic E-state index is 14.9. The molecule has 0 saturated heterocycles. The molecule has 2 unspecified atom stereocenters. The molecular weight excluding hydrogens is 464 g/mol.